The molecule has 2 aromatic rings. The maximum Gasteiger partial charge on any atom is 0.343 e. The Labute approximate surface area is 97.4 Å². The number of pyridine rings is 1. The number of aromatic nitrogens is 2. The van der Waals surface area contributed by atoms with E-state index < -0.39 is 11.5 Å². The van der Waals surface area contributed by atoms with Crippen LogP contribution in [0.5, 0.6) is 0 Å². The maximum absolute atomic E-state index is 12.0. The number of fused-ring (bicyclic) bond motifs is 1. The Balaban J connectivity index is 2.99. The first kappa shape index (κ1) is 11.3. The van der Waals surface area contributed by atoms with E-state index in [1.54, 1.807) is 13.0 Å². The molecular weight excluding hydrogens is 220 g/mol. The van der Waals surface area contributed by atoms with Crippen LogP contribution in [0.4, 0.5) is 0 Å². The van der Waals surface area contributed by atoms with Gasteiger partial charge in [0.1, 0.15) is 11.2 Å². The van der Waals surface area contributed by atoms with Gasteiger partial charge in [-0.05, 0) is 25.0 Å². The second kappa shape index (κ2) is 4.01. The van der Waals surface area contributed by atoms with Gasteiger partial charge < -0.3 is 5.11 Å². The maximum atomic E-state index is 12.0. The smallest absolute Gasteiger partial charge is 0.343 e. The summed E-state index contributed by atoms with van der Waals surface area (Å²) in [4.78, 5) is 27.4. The first-order valence-corrected chi connectivity index (χ1v) is 5.30. The lowest BCUT2D eigenvalue weighted by atomic mass is 10.1. The largest absolute Gasteiger partial charge is 0.477 e. The molecule has 5 heteroatoms. The Bertz CT molecular complexity index is 659. The highest BCUT2D eigenvalue weighted by molar-refractivity contribution is 5.88. The zero-order valence-corrected chi connectivity index (χ0v) is 9.60. The van der Waals surface area contributed by atoms with Gasteiger partial charge in [-0.3, -0.25) is 9.20 Å². The molecule has 2 aromatic heterocycles. The van der Waals surface area contributed by atoms with Crippen molar-refractivity contribution in [3.63, 3.8) is 0 Å². The van der Waals surface area contributed by atoms with E-state index in [2.05, 4.69) is 4.98 Å². The van der Waals surface area contributed by atoms with Crippen molar-refractivity contribution in [2.45, 2.75) is 20.3 Å². The van der Waals surface area contributed by atoms with E-state index in [0.29, 0.717) is 17.8 Å². The second-order valence-corrected chi connectivity index (χ2v) is 3.78. The summed E-state index contributed by atoms with van der Waals surface area (Å²) in [5.41, 5.74) is 0.922. The number of carbonyl (C=O) groups is 1. The standard InChI is InChI=1S/C12H12N2O3/c1-3-8-9(12(16)17)11(15)14-6-4-5-7(2)10(14)13-8/h4-6H,3H2,1-2H3,(H,16,17). The topological polar surface area (TPSA) is 71.7 Å². The molecule has 0 amide bonds. The molecule has 1 N–H and O–H groups in total. The number of carboxylic acid groups (broad SMARTS) is 1. The van der Waals surface area contributed by atoms with E-state index in [4.69, 9.17) is 5.11 Å². The molecule has 0 fully saturated rings. The van der Waals surface area contributed by atoms with Crippen LogP contribution in [0.15, 0.2) is 23.1 Å². The molecule has 0 radical (unpaired) electrons. The highest BCUT2D eigenvalue weighted by Crippen LogP contribution is 2.09. The third-order valence-corrected chi connectivity index (χ3v) is 2.67. The molecule has 0 aliphatic heterocycles. The first-order chi connectivity index (χ1) is 8.06. The molecule has 2 heterocycles. The van der Waals surface area contributed by atoms with Gasteiger partial charge in [-0.25, -0.2) is 9.78 Å². The van der Waals surface area contributed by atoms with Crippen molar-refractivity contribution in [2.24, 2.45) is 0 Å². The van der Waals surface area contributed by atoms with Crippen molar-refractivity contribution < 1.29 is 9.90 Å². The zero-order chi connectivity index (χ0) is 12.6. The monoisotopic (exact) mass is 232 g/mol. The normalized spacial score (nSPS) is 10.7. The fraction of sp³-hybridized carbons (Fsp3) is 0.250. The average molecular weight is 232 g/mol. The average Bonchev–Trinajstić information content (AvgIpc) is 2.29. The summed E-state index contributed by atoms with van der Waals surface area (Å²) in [5.74, 6) is -1.23. The van der Waals surface area contributed by atoms with Crippen molar-refractivity contribution in [3.05, 3.63) is 45.5 Å². The molecule has 0 spiro atoms. The SMILES string of the molecule is CCc1nc2c(C)cccn2c(=O)c1C(=O)O. The van der Waals surface area contributed by atoms with Crippen molar-refractivity contribution in [2.75, 3.05) is 0 Å². The Morgan fingerprint density at radius 3 is 2.82 bits per heavy atom. The molecule has 17 heavy (non-hydrogen) atoms. The molecule has 0 aliphatic carbocycles. The lowest BCUT2D eigenvalue weighted by Gasteiger charge is -2.07. The summed E-state index contributed by atoms with van der Waals surface area (Å²) >= 11 is 0. The van der Waals surface area contributed by atoms with Gasteiger partial charge in [0.25, 0.3) is 5.56 Å². The van der Waals surface area contributed by atoms with Crippen molar-refractivity contribution in [1.82, 2.24) is 9.38 Å². The zero-order valence-electron chi connectivity index (χ0n) is 9.60. The highest BCUT2D eigenvalue weighted by Gasteiger charge is 2.18. The van der Waals surface area contributed by atoms with Gasteiger partial charge in [0, 0.05) is 6.20 Å². The number of aryl methyl sites for hydroxylation is 2. The fourth-order valence-corrected chi connectivity index (χ4v) is 1.81. The van der Waals surface area contributed by atoms with Gasteiger partial charge in [-0.2, -0.15) is 0 Å². The van der Waals surface area contributed by atoms with E-state index >= 15 is 0 Å². The van der Waals surface area contributed by atoms with E-state index in [-0.39, 0.29) is 5.56 Å². The fourth-order valence-electron chi connectivity index (χ4n) is 1.81. The number of hydrogen-bond donors (Lipinski definition) is 1. The minimum atomic E-state index is -1.23. The molecule has 0 unspecified atom stereocenters. The Morgan fingerprint density at radius 2 is 2.24 bits per heavy atom. The van der Waals surface area contributed by atoms with Crippen LogP contribution >= 0.6 is 0 Å². The Morgan fingerprint density at radius 1 is 1.53 bits per heavy atom. The van der Waals surface area contributed by atoms with Crippen LogP contribution in [0.25, 0.3) is 5.65 Å². The minimum Gasteiger partial charge on any atom is -0.477 e. The molecule has 0 atom stereocenters. The van der Waals surface area contributed by atoms with Crippen molar-refractivity contribution in [3.8, 4) is 0 Å². The van der Waals surface area contributed by atoms with Crippen LogP contribution in [-0.2, 0) is 6.42 Å². The van der Waals surface area contributed by atoms with Gasteiger partial charge in [0.05, 0.1) is 5.69 Å². The van der Waals surface area contributed by atoms with E-state index in [0.717, 1.165) is 5.56 Å². The second-order valence-electron chi connectivity index (χ2n) is 3.78. The van der Waals surface area contributed by atoms with Crippen molar-refractivity contribution in [1.29, 1.82) is 0 Å². The summed E-state index contributed by atoms with van der Waals surface area (Å²) in [7, 11) is 0. The van der Waals surface area contributed by atoms with E-state index in [1.807, 2.05) is 13.0 Å². The van der Waals surface area contributed by atoms with Crippen LogP contribution in [0.1, 0.15) is 28.5 Å². The van der Waals surface area contributed by atoms with Crippen LogP contribution in [0.2, 0.25) is 0 Å². The number of aromatic carboxylic acids is 1. The lowest BCUT2D eigenvalue weighted by molar-refractivity contribution is 0.0693. The molecule has 0 saturated carbocycles. The summed E-state index contributed by atoms with van der Waals surface area (Å²) in [6.07, 6.45) is 1.95. The van der Waals surface area contributed by atoms with Crippen LogP contribution in [0.3, 0.4) is 0 Å². The molecule has 0 saturated heterocycles. The number of nitrogens with zero attached hydrogens (tertiary/aromatic N) is 2. The third-order valence-electron chi connectivity index (χ3n) is 2.67. The lowest BCUT2D eigenvalue weighted by Crippen LogP contribution is -2.26. The van der Waals surface area contributed by atoms with Gasteiger partial charge in [-0.1, -0.05) is 13.0 Å². The summed E-state index contributed by atoms with van der Waals surface area (Å²) in [5, 5.41) is 9.05. The predicted molar refractivity (Wildman–Crippen MR) is 62.5 cm³/mol. The van der Waals surface area contributed by atoms with Crippen LogP contribution in [-0.4, -0.2) is 20.5 Å². The Hall–Kier alpha value is -2.17. The predicted octanol–water partition coefficient (Wildman–Crippen LogP) is 1.26. The Kier molecular flexibility index (Phi) is 2.67. The third kappa shape index (κ3) is 1.69. The van der Waals surface area contributed by atoms with Crippen LogP contribution < -0.4 is 5.56 Å². The van der Waals surface area contributed by atoms with Gasteiger partial charge in [0.15, 0.2) is 0 Å². The molecule has 2 rings (SSSR count). The van der Waals surface area contributed by atoms with Gasteiger partial charge >= 0.3 is 5.97 Å². The van der Waals surface area contributed by atoms with E-state index in [9.17, 15) is 9.59 Å². The molecule has 5 nitrogen and oxygen atoms in total. The number of carboxylic acids is 1. The quantitative estimate of drug-likeness (QED) is 0.846. The minimum absolute atomic E-state index is 0.240. The number of rotatable bonds is 2. The van der Waals surface area contributed by atoms with Crippen LogP contribution in [0, 0.1) is 6.92 Å². The molecule has 0 bridgehead atoms. The molecule has 0 aromatic carbocycles. The number of hydrogen-bond acceptors (Lipinski definition) is 3. The first-order valence-electron chi connectivity index (χ1n) is 5.30. The molecule has 88 valence electrons. The van der Waals surface area contributed by atoms with Gasteiger partial charge in [0.2, 0.25) is 0 Å². The van der Waals surface area contributed by atoms with Gasteiger partial charge in [-0.15, -0.1) is 0 Å². The summed E-state index contributed by atoms with van der Waals surface area (Å²) < 4.78 is 1.28. The van der Waals surface area contributed by atoms with E-state index in [1.165, 1.54) is 10.6 Å². The van der Waals surface area contributed by atoms with Crippen molar-refractivity contribution >= 4 is 11.6 Å². The summed E-state index contributed by atoms with van der Waals surface area (Å²) in [6.45, 7) is 3.62. The molecule has 0 aliphatic rings. The molecular formula is C12H12N2O3. The summed E-state index contributed by atoms with van der Waals surface area (Å²) in [6, 6.07) is 3.53. The highest BCUT2D eigenvalue weighted by atomic mass is 16.4.